The van der Waals surface area contributed by atoms with Crippen LogP contribution in [0.25, 0.3) is 0 Å². The summed E-state index contributed by atoms with van der Waals surface area (Å²) in [4.78, 5) is 23.5. The summed E-state index contributed by atoms with van der Waals surface area (Å²) in [5.41, 5.74) is 5.62. The Morgan fingerprint density at radius 2 is 2.11 bits per heavy atom. The van der Waals surface area contributed by atoms with Crippen LogP contribution < -0.4 is 11.1 Å². The zero-order valence-electron chi connectivity index (χ0n) is 10.7. The fourth-order valence-corrected chi connectivity index (χ4v) is 2.21. The lowest BCUT2D eigenvalue weighted by atomic mass is 9.98. The fourth-order valence-electron chi connectivity index (χ4n) is 1.63. The number of carbonyl (C=O) groups is 2. The van der Waals surface area contributed by atoms with Gasteiger partial charge in [0.25, 0.3) is 5.91 Å². The van der Waals surface area contributed by atoms with E-state index in [-0.39, 0.29) is 5.92 Å². The highest BCUT2D eigenvalue weighted by molar-refractivity contribution is 9.10. The lowest BCUT2D eigenvalue weighted by molar-refractivity contribution is -0.120. The first-order valence-electron chi connectivity index (χ1n) is 5.92. The highest BCUT2D eigenvalue weighted by atomic mass is 79.9. The van der Waals surface area contributed by atoms with Crippen LogP contribution in [0.15, 0.2) is 22.7 Å². The lowest BCUT2D eigenvalue weighted by Crippen LogP contribution is -2.48. The van der Waals surface area contributed by atoms with Crippen molar-refractivity contribution in [2.75, 3.05) is 0 Å². The van der Waals surface area contributed by atoms with Crippen LogP contribution in [0.5, 0.6) is 0 Å². The summed E-state index contributed by atoms with van der Waals surface area (Å²) in [5, 5.41) is 2.95. The number of carbonyl (C=O) groups excluding carboxylic acids is 2. The lowest BCUT2D eigenvalue weighted by Gasteiger charge is -2.21. The number of rotatable bonds is 5. The number of amides is 2. The molecule has 0 aliphatic carbocycles. The van der Waals surface area contributed by atoms with Crippen molar-refractivity contribution in [3.05, 3.63) is 33.3 Å². The van der Waals surface area contributed by atoms with Crippen LogP contribution in [0.3, 0.4) is 0 Å². The van der Waals surface area contributed by atoms with Crippen molar-refractivity contribution in [2.45, 2.75) is 26.3 Å². The molecule has 2 unspecified atom stereocenters. The number of primary amides is 1. The quantitative estimate of drug-likeness (QED) is 0.859. The second kappa shape index (κ2) is 6.91. The number of nitrogens with two attached hydrogens (primary N) is 1. The van der Waals surface area contributed by atoms with Gasteiger partial charge in [-0.15, -0.1) is 0 Å². The molecule has 0 spiro atoms. The van der Waals surface area contributed by atoms with Gasteiger partial charge in [-0.3, -0.25) is 9.59 Å². The van der Waals surface area contributed by atoms with Crippen molar-refractivity contribution in [3.8, 4) is 0 Å². The second-order valence-corrected chi connectivity index (χ2v) is 5.57. The van der Waals surface area contributed by atoms with Crippen molar-refractivity contribution in [1.82, 2.24) is 5.32 Å². The fraction of sp³-hybridized carbons (Fsp3) is 0.385. The molecule has 104 valence electrons. The monoisotopic (exact) mass is 346 g/mol. The smallest absolute Gasteiger partial charge is 0.253 e. The molecule has 2 atom stereocenters. The first kappa shape index (κ1) is 16.0. The molecule has 0 heterocycles. The van der Waals surface area contributed by atoms with Crippen LogP contribution in [-0.4, -0.2) is 17.9 Å². The Kier molecular flexibility index (Phi) is 5.82. The zero-order chi connectivity index (χ0) is 14.6. The van der Waals surface area contributed by atoms with Crippen LogP contribution in [0.2, 0.25) is 5.02 Å². The number of hydrogen-bond acceptors (Lipinski definition) is 2. The Labute approximate surface area is 125 Å². The van der Waals surface area contributed by atoms with E-state index in [0.717, 1.165) is 6.42 Å². The third kappa shape index (κ3) is 3.94. The normalized spacial score (nSPS) is 13.7. The number of halogens is 2. The summed E-state index contributed by atoms with van der Waals surface area (Å²) < 4.78 is 0.626. The van der Waals surface area contributed by atoms with E-state index < -0.39 is 17.9 Å². The number of benzene rings is 1. The predicted molar refractivity (Wildman–Crippen MR) is 79.1 cm³/mol. The Hall–Kier alpha value is -1.07. The van der Waals surface area contributed by atoms with Gasteiger partial charge < -0.3 is 11.1 Å². The van der Waals surface area contributed by atoms with Gasteiger partial charge in [-0.25, -0.2) is 0 Å². The van der Waals surface area contributed by atoms with Crippen molar-refractivity contribution < 1.29 is 9.59 Å². The van der Waals surface area contributed by atoms with Gasteiger partial charge in [-0.1, -0.05) is 37.9 Å². The Morgan fingerprint density at radius 3 is 2.63 bits per heavy atom. The van der Waals surface area contributed by atoms with E-state index in [2.05, 4.69) is 21.2 Å². The molecule has 0 saturated carbocycles. The van der Waals surface area contributed by atoms with E-state index in [1.54, 1.807) is 18.2 Å². The molecule has 0 aromatic heterocycles. The summed E-state index contributed by atoms with van der Waals surface area (Å²) in [5.74, 6) is -0.989. The molecule has 0 aliphatic heterocycles. The predicted octanol–water partition coefficient (Wildman–Crippen LogP) is 2.73. The molecule has 4 nitrogen and oxygen atoms in total. The maximum absolute atomic E-state index is 12.1. The van der Waals surface area contributed by atoms with E-state index in [4.69, 9.17) is 17.3 Å². The van der Waals surface area contributed by atoms with Crippen LogP contribution in [0, 0.1) is 5.92 Å². The van der Waals surface area contributed by atoms with Crippen LogP contribution in [0.1, 0.15) is 30.6 Å². The van der Waals surface area contributed by atoms with Gasteiger partial charge in [-0.05, 0) is 34.0 Å². The third-order valence-electron chi connectivity index (χ3n) is 3.00. The molecule has 1 aromatic rings. The Balaban J connectivity index is 2.94. The number of nitrogens with one attached hydrogen (secondary N) is 1. The molecule has 1 aromatic carbocycles. The van der Waals surface area contributed by atoms with Gasteiger partial charge in [0.05, 0.1) is 10.6 Å². The van der Waals surface area contributed by atoms with E-state index in [0.29, 0.717) is 15.1 Å². The van der Waals surface area contributed by atoms with E-state index in [1.807, 2.05) is 13.8 Å². The molecule has 2 amide bonds. The minimum absolute atomic E-state index is 0.0348. The zero-order valence-corrected chi connectivity index (χ0v) is 13.1. The minimum Gasteiger partial charge on any atom is -0.368 e. The maximum atomic E-state index is 12.1. The molecule has 0 aliphatic rings. The summed E-state index contributed by atoms with van der Waals surface area (Å²) in [7, 11) is 0. The van der Waals surface area contributed by atoms with Gasteiger partial charge in [0.1, 0.15) is 6.04 Å². The van der Waals surface area contributed by atoms with E-state index >= 15 is 0 Å². The molecule has 0 fully saturated rings. The van der Waals surface area contributed by atoms with E-state index in [9.17, 15) is 9.59 Å². The van der Waals surface area contributed by atoms with Crippen molar-refractivity contribution in [3.63, 3.8) is 0 Å². The van der Waals surface area contributed by atoms with Gasteiger partial charge >= 0.3 is 0 Å². The molecule has 1 rings (SSSR count). The maximum Gasteiger partial charge on any atom is 0.253 e. The summed E-state index contributed by atoms with van der Waals surface area (Å²) >= 11 is 9.29. The molecule has 19 heavy (non-hydrogen) atoms. The third-order valence-corrected chi connectivity index (χ3v) is 4.30. The molecular weight excluding hydrogens is 332 g/mol. The van der Waals surface area contributed by atoms with Gasteiger partial charge in [-0.2, -0.15) is 0 Å². The first-order valence-corrected chi connectivity index (χ1v) is 7.09. The SMILES string of the molecule is CCC(C)C(NC(=O)c1cccc(Br)c1Cl)C(N)=O. The second-order valence-electron chi connectivity index (χ2n) is 4.34. The molecule has 0 bridgehead atoms. The van der Waals surface area contributed by atoms with Crippen LogP contribution in [-0.2, 0) is 4.79 Å². The minimum atomic E-state index is -0.701. The Morgan fingerprint density at radius 1 is 1.47 bits per heavy atom. The number of hydrogen-bond donors (Lipinski definition) is 2. The molecule has 6 heteroatoms. The average Bonchev–Trinajstić information content (AvgIpc) is 2.37. The summed E-state index contributed by atoms with van der Waals surface area (Å²) in [6.45, 7) is 3.79. The summed E-state index contributed by atoms with van der Waals surface area (Å²) in [6.07, 6.45) is 0.736. The standard InChI is InChI=1S/C13H16BrClN2O2/c1-3-7(2)11(12(16)18)17-13(19)8-5-4-6-9(14)10(8)15/h4-7,11H,3H2,1-2H3,(H2,16,18)(H,17,19). The molecule has 0 radical (unpaired) electrons. The van der Waals surface area contributed by atoms with E-state index in [1.165, 1.54) is 0 Å². The van der Waals surface area contributed by atoms with Crippen LogP contribution in [0.4, 0.5) is 0 Å². The van der Waals surface area contributed by atoms with Gasteiger partial charge in [0, 0.05) is 4.47 Å². The van der Waals surface area contributed by atoms with Crippen molar-refractivity contribution in [1.29, 1.82) is 0 Å². The molecule has 3 N–H and O–H groups in total. The highest BCUT2D eigenvalue weighted by Gasteiger charge is 2.25. The van der Waals surface area contributed by atoms with Gasteiger partial charge in [0.2, 0.25) is 5.91 Å². The largest absolute Gasteiger partial charge is 0.368 e. The topological polar surface area (TPSA) is 72.2 Å². The van der Waals surface area contributed by atoms with Crippen molar-refractivity contribution >= 4 is 39.3 Å². The Bertz CT molecular complexity index is 494. The average molecular weight is 348 g/mol. The van der Waals surface area contributed by atoms with Crippen LogP contribution >= 0.6 is 27.5 Å². The van der Waals surface area contributed by atoms with Crippen molar-refractivity contribution in [2.24, 2.45) is 11.7 Å². The highest BCUT2D eigenvalue weighted by Crippen LogP contribution is 2.26. The molecular formula is C13H16BrClN2O2. The van der Waals surface area contributed by atoms with Gasteiger partial charge in [0.15, 0.2) is 0 Å². The first-order chi connectivity index (χ1) is 8.88. The molecule has 0 saturated heterocycles. The summed E-state index contributed by atoms with van der Waals surface area (Å²) in [6, 6.07) is 4.33.